The third kappa shape index (κ3) is 10.5. The maximum absolute atomic E-state index is 10.7. The van der Waals surface area contributed by atoms with Gasteiger partial charge in [0.2, 0.25) is 0 Å². The summed E-state index contributed by atoms with van der Waals surface area (Å²) in [6.07, 6.45) is 0. The monoisotopic (exact) mass is 404 g/mol. The Kier molecular flexibility index (Phi) is 7.68. The van der Waals surface area contributed by atoms with Gasteiger partial charge in [-0.3, -0.25) is 4.55 Å². The van der Waals surface area contributed by atoms with E-state index in [1.54, 1.807) is 0 Å². The summed E-state index contributed by atoms with van der Waals surface area (Å²) in [4.78, 5) is 0.866. The second-order valence-corrected chi connectivity index (χ2v) is 8.91. The molecule has 146 valence electrons. The minimum absolute atomic E-state index is 0.242. The Morgan fingerprint density at radius 2 is 1.28 bits per heavy atom. The van der Waals surface area contributed by atoms with E-state index in [1.165, 1.54) is 0 Å². The van der Waals surface area contributed by atoms with Crippen LogP contribution < -0.4 is 9.47 Å². The summed E-state index contributed by atoms with van der Waals surface area (Å²) in [5, 5.41) is 0. The molecule has 5 nitrogen and oxygen atoms in total. The van der Waals surface area contributed by atoms with Crippen LogP contribution in [-0.2, 0) is 10.1 Å². The van der Waals surface area contributed by atoms with E-state index in [1.807, 2.05) is 59.7 Å². The average molecular weight is 404 g/mol. The van der Waals surface area contributed by atoms with Crippen molar-refractivity contribution in [2.24, 2.45) is 0 Å². The molecule has 0 aromatic heterocycles. The third-order valence-corrected chi connectivity index (χ3v) is 2.92. The summed E-state index contributed by atoms with van der Waals surface area (Å²) in [7, 11) is -5.84. The molecule has 0 saturated heterocycles. The average Bonchev–Trinajstić information content (AvgIpc) is 2.27. The van der Waals surface area contributed by atoms with Gasteiger partial charge in [0.1, 0.15) is 11.2 Å². The molecule has 0 heterocycles. The number of alkyl halides is 3. The molecule has 1 aromatic carbocycles. The SMILES string of the molecule is CC(C)(C)Oc1ccc(S)cc1OC(C)(C)C.O=S(=O)(O)C(F)(F)F. The van der Waals surface area contributed by atoms with Gasteiger partial charge in [0.15, 0.2) is 11.5 Å². The van der Waals surface area contributed by atoms with Crippen molar-refractivity contribution in [1.82, 2.24) is 0 Å². The molecule has 10 heteroatoms. The predicted molar refractivity (Wildman–Crippen MR) is 92.1 cm³/mol. The Bertz CT molecular complexity index is 672. The van der Waals surface area contributed by atoms with E-state index < -0.39 is 15.6 Å². The van der Waals surface area contributed by atoms with Gasteiger partial charge in [0.25, 0.3) is 0 Å². The summed E-state index contributed by atoms with van der Waals surface area (Å²) >= 11 is 4.33. The number of thiol groups is 1. The fourth-order valence-corrected chi connectivity index (χ4v) is 1.51. The Morgan fingerprint density at radius 3 is 1.60 bits per heavy atom. The van der Waals surface area contributed by atoms with Gasteiger partial charge in [-0.25, -0.2) is 0 Å². The van der Waals surface area contributed by atoms with Crippen LogP contribution in [0, 0.1) is 0 Å². The molecular weight excluding hydrogens is 381 g/mol. The maximum atomic E-state index is 10.7. The number of rotatable bonds is 2. The first-order valence-electron chi connectivity index (χ1n) is 7.07. The largest absolute Gasteiger partial charge is 0.522 e. The number of hydrogen-bond donors (Lipinski definition) is 2. The summed E-state index contributed by atoms with van der Waals surface area (Å²) in [6.45, 7) is 12.1. The van der Waals surface area contributed by atoms with E-state index in [2.05, 4.69) is 12.6 Å². The van der Waals surface area contributed by atoms with E-state index in [0.29, 0.717) is 0 Å². The minimum atomic E-state index is -5.84. The highest BCUT2D eigenvalue weighted by atomic mass is 32.2. The van der Waals surface area contributed by atoms with Gasteiger partial charge < -0.3 is 9.47 Å². The van der Waals surface area contributed by atoms with Crippen LogP contribution in [0.2, 0.25) is 0 Å². The zero-order chi connectivity index (χ0) is 20.3. The predicted octanol–water partition coefficient (Wildman–Crippen LogP) is 4.72. The Hall–Kier alpha value is -1.13. The molecular formula is C15H23F3O5S2. The van der Waals surface area contributed by atoms with Crippen LogP contribution in [0.4, 0.5) is 13.2 Å². The first kappa shape index (κ1) is 23.9. The first-order chi connectivity index (χ1) is 10.8. The summed E-state index contributed by atoms with van der Waals surface area (Å²) in [5.41, 5.74) is -6.03. The molecule has 0 atom stereocenters. The van der Waals surface area contributed by atoms with Crippen molar-refractivity contribution in [2.45, 2.75) is 63.1 Å². The van der Waals surface area contributed by atoms with Crippen LogP contribution in [-0.4, -0.2) is 29.7 Å². The highest BCUT2D eigenvalue weighted by Gasteiger charge is 2.44. The lowest BCUT2D eigenvalue weighted by Gasteiger charge is -2.27. The third-order valence-electron chi connectivity index (χ3n) is 2.05. The van der Waals surface area contributed by atoms with Gasteiger partial charge in [0.05, 0.1) is 0 Å². The molecule has 0 bridgehead atoms. The molecule has 1 N–H and O–H groups in total. The van der Waals surface area contributed by atoms with Crippen molar-refractivity contribution in [2.75, 3.05) is 0 Å². The standard InChI is InChI=1S/C14H22O2S.CHF3O3S/c1-13(2,3)15-11-8-7-10(17)9-12(11)16-14(4,5)6;2-1(3,4)8(5,6)7/h7-9,17H,1-6H3;(H,5,6,7). The van der Waals surface area contributed by atoms with Gasteiger partial charge in [-0.15, -0.1) is 12.6 Å². The topological polar surface area (TPSA) is 72.8 Å². The quantitative estimate of drug-likeness (QED) is 0.424. The molecule has 0 aliphatic heterocycles. The van der Waals surface area contributed by atoms with Gasteiger partial charge in [-0.2, -0.15) is 21.6 Å². The summed E-state index contributed by atoms with van der Waals surface area (Å²) < 4.78 is 69.3. The molecule has 25 heavy (non-hydrogen) atoms. The molecule has 0 amide bonds. The van der Waals surface area contributed by atoms with Crippen LogP contribution in [0.5, 0.6) is 11.5 Å². The van der Waals surface area contributed by atoms with Crippen molar-refractivity contribution in [3.63, 3.8) is 0 Å². The molecule has 0 aliphatic carbocycles. The molecule has 0 saturated carbocycles. The maximum Gasteiger partial charge on any atom is 0.522 e. The number of hydrogen-bond acceptors (Lipinski definition) is 5. The number of benzene rings is 1. The molecule has 1 aromatic rings. The summed E-state index contributed by atoms with van der Waals surface area (Å²) in [6, 6.07) is 5.68. The van der Waals surface area contributed by atoms with Crippen molar-refractivity contribution < 1.29 is 35.6 Å². The van der Waals surface area contributed by atoms with Gasteiger partial charge in [-0.1, -0.05) is 0 Å². The lowest BCUT2D eigenvalue weighted by atomic mass is 10.1. The normalized spacial score (nSPS) is 12.9. The number of halogens is 3. The molecule has 1 rings (SSSR count). The van der Waals surface area contributed by atoms with Gasteiger partial charge in [0, 0.05) is 4.90 Å². The summed E-state index contributed by atoms with van der Waals surface area (Å²) in [5.74, 6) is 1.49. The Labute approximate surface area is 151 Å². The van der Waals surface area contributed by atoms with E-state index in [0.717, 1.165) is 16.4 Å². The van der Waals surface area contributed by atoms with E-state index in [4.69, 9.17) is 22.4 Å². The fourth-order valence-electron chi connectivity index (χ4n) is 1.32. The molecule has 0 aliphatic rings. The van der Waals surface area contributed by atoms with E-state index in [-0.39, 0.29) is 11.2 Å². The lowest BCUT2D eigenvalue weighted by Crippen LogP contribution is -2.26. The van der Waals surface area contributed by atoms with Crippen LogP contribution in [0.3, 0.4) is 0 Å². The second kappa shape index (κ2) is 8.05. The smallest absolute Gasteiger partial charge is 0.484 e. The van der Waals surface area contributed by atoms with Crippen LogP contribution >= 0.6 is 12.6 Å². The van der Waals surface area contributed by atoms with Gasteiger partial charge >= 0.3 is 15.6 Å². The second-order valence-electron chi connectivity index (χ2n) is 6.98. The molecule has 0 fully saturated rings. The molecule has 0 spiro atoms. The van der Waals surface area contributed by atoms with Crippen LogP contribution in [0.15, 0.2) is 23.1 Å². The Morgan fingerprint density at radius 1 is 0.920 bits per heavy atom. The van der Waals surface area contributed by atoms with Crippen LogP contribution in [0.25, 0.3) is 0 Å². The highest BCUT2D eigenvalue weighted by Crippen LogP contribution is 2.34. The number of ether oxygens (including phenoxy) is 2. The van der Waals surface area contributed by atoms with Gasteiger partial charge in [-0.05, 0) is 59.7 Å². The zero-order valence-electron chi connectivity index (χ0n) is 14.8. The lowest BCUT2D eigenvalue weighted by molar-refractivity contribution is -0.0510. The van der Waals surface area contributed by atoms with Crippen molar-refractivity contribution >= 4 is 22.7 Å². The van der Waals surface area contributed by atoms with Crippen molar-refractivity contribution in [3.05, 3.63) is 18.2 Å². The minimum Gasteiger partial charge on any atom is -0.484 e. The van der Waals surface area contributed by atoms with E-state index in [9.17, 15) is 13.2 Å². The Balaban J connectivity index is 0.000000609. The van der Waals surface area contributed by atoms with Crippen molar-refractivity contribution in [3.8, 4) is 11.5 Å². The highest BCUT2D eigenvalue weighted by molar-refractivity contribution is 7.86. The van der Waals surface area contributed by atoms with Crippen molar-refractivity contribution in [1.29, 1.82) is 0 Å². The fraction of sp³-hybridized carbons (Fsp3) is 0.600. The molecule has 0 radical (unpaired) electrons. The van der Waals surface area contributed by atoms with Crippen LogP contribution in [0.1, 0.15) is 41.5 Å². The first-order valence-corrected chi connectivity index (χ1v) is 8.95. The van der Waals surface area contributed by atoms with E-state index >= 15 is 0 Å². The zero-order valence-corrected chi connectivity index (χ0v) is 16.5. The molecule has 0 unspecified atom stereocenters.